The molecule has 5 rings (SSSR count). The van der Waals surface area contributed by atoms with Crippen LogP contribution in [0.25, 0.3) is 11.1 Å². The molecule has 2 aromatic carbocycles. The molecule has 1 saturated heterocycles. The first-order valence-corrected chi connectivity index (χ1v) is 15.8. The number of ether oxygens (including phenoxy) is 1. The monoisotopic (exact) mass is 691 g/mol. The molecular formula is C34H35F6N5O4. The number of hydrogen-bond acceptors (Lipinski definition) is 7. The molecule has 1 fully saturated rings. The van der Waals surface area contributed by atoms with E-state index in [2.05, 4.69) is 20.4 Å². The molecule has 3 heterocycles. The normalized spacial score (nSPS) is 16.0. The minimum absolute atomic E-state index is 0.0149. The van der Waals surface area contributed by atoms with Crippen LogP contribution < -0.4 is 20.3 Å². The minimum Gasteiger partial charge on any atom is -0.406 e. The van der Waals surface area contributed by atoms with Gasteiger partial charge in [0, 0.05) is 56.0 Å². The number of benzene rings is 2. The highest BCUT2D eigenvalue weighted by Gasteiger charge is 2.37. The first-order valence-electron chi connectivity index (χ1n) is 15.8. The number of hydrogen-bond donors (Lipinski definition) is 2. The van der Waals surface area contributed by atoms with Crippen LogP contribution in [0.4, 0.5) is 32.2 Å². The molecule has 1 unspecified atom stereocenters. The molecule has 3 amide bonds. The van der Waals surface area contributed by atoms with Crippen molar-refractivity contribution >= 4 is 24.0 Å². The summed E-state index contributed by atoms with van der Waals surface area (Å²) in [5.41, 5.74) is 1.65. The molecule has 15 heteroatoms. The fourth-order valence-electron chi connectivity index (χ4n) is 6.21. The predicted octanol–water partition coefficient (Wildman–Crippen LogP) is 6.07. The number of rotatable bonds is 12. The number of nitrogens with one attached hydrogen (secondary N) is 2. The summed E-state index contributed by atoms with van der Waals surface area (Å²) >= 11 is 0. The molecule has 9 nitrogen and oxygen atoms in total. The number of halogens is 6. The Balaban J connectivity index is 1.14. The van der Waals surface area contributed by atoms with Crippen molar-refractivity contribution < 1.29 is 45.5 Å². The van der Waals surface area contributed by atoms with Crippen LogP contribution in [0.3, 0.4) is 0 Å². The highest BCUT2D eigenvalue weighted by molar-refractivity contribution is 5.98. The fraction of sp³-hybridized carbons (Fsp3) is 0.412. The molecule has 0 aliphatic carbocycles. The van der Waals surface area contributed by atoms with E-state index in [-0.39, 0.29) is 41.2 Å². The Hall–Kier alpha value is -4.66. The molecule has 1 aromatic heterocycles. The molecule has 0 bridgehead atoms. The van der Waals surface area contributed by atoms with E-state index < -0.39 is 29.8 Å². The molecule has 0 spiro atoms. The van der Waals surface area contributed by atoms with E-state index in [0.29, 0.717) is 64.0 Å². The average molecular weight is 692 g/mol. The SMILES string of the molecule is CC(CCC(=O)NC=O)N1Cc2cc(CNCC3CCN(c4ncc(-c5cccc(OC(F)(F)F)c5)cc4C(F)(F)F)CC3)ccc2C1=O. The standard InChI is InChI=1S/C34H35F6N5O4/c1-21(5-8-30(47)43-20-46)45-19-26-13-23(6-7-28(26)32(45)48)17-41-16-22-9-11-44(12-10-22)31-29(33(35,36)37)15-25(18-42-31)24-3-2-4-27(14-24)49-34(38,39)40/h2-4,6-7,13-15,18,20-22,41H,5,8-12,16-17,19H2,1H3,(H,43,46,47). The highest BCUT2D eigenvalue weighted by atomic mass is 19.4. The lowest BCUT2D eigenvalue weighted by molar-refractivity contribution is -0.274. The summed E-state index contributed by atoms with van der Waals surface area (Å²) < 4.78 is 84.4. The lowest BCUT2D eigenvalue weighted by Gasteiger charge is -2.34. The summed E-state index contributed by atoms with van der Waals surface area (Å²) in [6, 6.07) is 11.1. The number of imide groups is 1. The molecule has 1 atom stereocenters. The number of nitrogens with zero attached hydrogens (tertiary/aromatic N) is 3. The van der Waals surface area contributed by atoms with Gasteiger partial charge in [-0.05, 0) is 79.6 Å². The number of carbonyl (C=O) groups excluding carboxylic acids is 3. The van der Waals surface area contributed by atoms with E-state index in [0.717, 1.165) is 29.3 Å². The van der Waals surface area contributed by atoms with Gasteiger partial charge in [-0.15, -0.1) is 13.2 Å². The second-order valence-corrected chi connectivity index (χ2v) is 12.2. The number of fused-ring (bicyclic) bond motifs is 1. The topological polar surface area (TPSA) is 104 Å². The Morgan fingerprint density at radius 3 is 2.51 bits per heavy atom. The third kappa shape index (κ3) is 9.08. The second-order valence-electron chi connectivity index (χ2n) is 12.2. The third-order valence-electron chi connectivity index (χ3n) is 8.79. The summed E-state index contributed by atoms with van der Waals surface area (Å²) in [5, 5.41) is 5.52. The maximum Gasteiger partial charge on any atom is 0.573 e. The van der Waals surface area contributed by atoms with Crippen molar-refractivity contribution in [2.75, 3.05) is 24.5 Å². The van der Waals surface area contributed by atoms with Crippen molar-refractivity contribution in [2.45, 2.75) is 64.3 Å². The van der Waals surface area contributed by atoms with Crippen molar-refractivity contribution in [3.63, 3.8) is 0 Å². The first-order chi connectivity index (χ1) is 23.2. The van der Waals surface area contributed by atoms with E-state index in [1.54, 1.807) is 15.9 Å². The van der Waals surface area contributed by atoms with E-state index >= 15 is 0 Å². The smallest absolute Gasteiger partial charge is 0.406 e. The van der Waals surface area contributed by atoms with Gasteiger partial charge in [-0.25, -0.2) is 4.98 Å². The Bertz CT molecular complexity index is 1670. The average Bonchev–Trinajstić information content (AvgIpc) is 3.38. The summed E-state index contributed by atoms with van der Waals surface area (Å²) in [6.45, 7) is 4.17. The predicted molar refractivity (Wildman–Crippen MR) is 167 cm³/mol. The summed E-state index contributed by atoms with van der Waals surface area (Å²) in [6.07, 6.45) is -6.31. The van der Waals surface area contributed by atoms with Gasteiger partial charge >= 0.3 is 12.5 Å². The number of pyridine rings is 1. The van der Waals surface area contributed by atoms with Crippen LogP contribution in [-0.4, -0.2) is 60.1 Å². The zero-order valence-corrected chi connectivity index (χ0v) is 26.5. The molecule has 0 radical (unpaired) electrons. The number of anilines is 1. The number of carbonyl (C=O) groups is 3. The summed E-state index contributed by atoms with van der Waals surface area (Å²) in [5.74, 6) is -1.05. The molecule has 2 aliphatic heterocycles. The summed E-state index contributed by atoms with van der Waals surface area (Å²) in [7, 11) is 0. The maximum atomic E-state index is 14.2. The Labute approximate surface area is 278 Å². The van der Waals surface area contributed by atoms with E-state index in [1.165, 1.54) is 18.3 Å². The van der Waals surface area contributed by atoms with E-state index in [4.69, 9.17) is 0 Å². The van der Waals surface area contributed by atoms with Crippen molar-refractivity contribution in [3.05, 3.63) is 77.0 Å². The maximum absolute atomic E-state index is 14.2. The Morgan fingerprint density at radius 1 is 1.06 bits per heavy atom. The number of piperidine rings is 1. The lowest BCUT2D eigenvalue weighted by atomic mass is 9.96. The van der Waals surface area contributed by atoms with E-state index in [9.17, 15) is 40.7 Å². The van der Waals surface area contributed by atoms with Gasteiger partial charge in [0.15, 0.2) is 0 Å². The largest absolute Gasteiger partial charge is 0.573 e. The molecular weight excluding hydrogens is 656 g/mol. The zero-order chi connectivity index (χ0) is 35.3. The molecule has 3 aromatic rings. The van der Waals surface area contributed by atoms with Gasteiger partial charge in [0.25, 0.3) is 5.91 Å². The fourth-order valence-corrected chi connectivity index (χ4v) is 6.21. The molecule has 2 N–H and O–H groups in total. The lowest BCUT2D eigenvalue weighted by Crippen LogP contribution is -2.38. The van der Waals surface area contributed by atoms with Gasteiger partial charge in [0.2, 0.25) is 12.3 Å². The van der Waals surface area contributed by atoms with Crippen LogP contribution in [0.15, 0.2) is 54.7 Å². The zero-order valence-electron chi connectivity index (χ0n) is 26.5. The van der Waals surface area contributed by atoms with Gasteiger partial charge in [-0.3, -0.25) is 19.7 Å². The quantitative estimate of drug-likeness (QED) is 0.176. The van der Waals surface area contributed by atoms with Gasteiger partial charge in [-0.1, -0.05) is 24.3 Å². The van der Waals surface area contributed by atoms with Crippen molar-refractivity contribution in [1.82, 2.24) is 20.5 Å². The van der Waals surface area contributed by atoms with Crippen LogP contribution in [0, 0.1) is 5.92 Å². The molecule has 262 valence electrons. The van der Waals surface area contributed by atoms with Gasteiger partial charge in [0.1, 0.15) is 11.6 Å². The molecule has 0 saturated carbocycles. The molecule has 2 aliphatic rings. The van der Waals surface area contributed by atoms with Gasteiger partial charge in [0.05, 0.1) is 5.56 Å². The summed E-state index contributed by atoms with van der Waals surface area (Å²) in [4.78, 5) is 42.4. The Morgan fingerprint density at radius 2 is 1.82 bits per heavy atom. The van der Waals surface area contributed by atoms with Crippen LogP contribution in [0.1, 0.15) is 59.7 Å². The van der Waals surface area contributed by atoms with Gasteiger partial charge in [-0.2, -0.15) is 13.2 Å². The Kier molecular flexibility index (Phi) is 10.8. The van der Waals surface area contributed by atoms with Crippen LogP contribution >= 0.6 is 0 Å². The van der Waals surface area contributed by atoms with Crippen molar-refractivity contribution in [3.8, 4) is 16.9 Å². The van der Waals surface area contributed by atoms with Crippen molar-refractivity contribution in [2.24, 2.45) is 5.92 Å². The molecule has 49 heavy (non-hydrogen) atoms. The number of aromatic nitrogens is 1. The minimum atomic E-state index is -4.94. The van der Waals surface area contributed by atoms with Crippen LogP contribution in [0.5, 0.6) is 5.75 Å². The number of amides is 3. The third-order valence-corrected chi connectivity index (χ3v) is 8.79. The van der Waals surface area contributed by atoms with E-state index in [1.807, 2.05) is 19.1 Å². The van der Waals surface area contributed by atoms with Crippen LogP contribution in [-0.2, 0) is 28.9 Å². The highest BCUT2D eigenvalue weighted by Crippen LogP contribution is 2.39. The van der Waals surface area contributed by atoms with Crippen LogP contribution in [0.2, 0.25) is 0 Å². The second kappa shape index (κ2) is 14.8. The first kappa shape index (κ1) is 35.6. The van der Waals surface area contributed by atoms with Gasteiger partial charge < -0.3 is 19.9 Å². The van der Waals surface area contributed by atoms with Crippen molar-refractivity contribution in [1.29, 1.82) is 0 Å². The number of alkyl halides is 6.